The lowest BCUT2D eigenvalue weighted by Crippen LogP contribution is -2.57. The molecule has 0 spiro atoms. The topological polar surface area (TPSA) is 86.8 Å². The van der Waals surface area contributed by atoms with Gasteiger partial charge in [0.25, 0.3) is 11.8 Å². The zero-order valence-electron chi connectivity index (χ0n) is 21.2. The summed E-state index contributed by atoms with van der Waals surface area (Å²) in [5.41, 5.74) is 0.523. The van der Waals surface area contributed by atoms with Crippen LogP contribution in [-0.4, -0.2) is 52.1 Å². The number of imide groups is 1. The molecule has 1 aliphatic rings. The summed E-state index contributed by atoms with van der Waals surface area (Å²) in [4.78, 5) is 55.6. The van der Waals surface area contributed by atoms with Crippen molar-refractivity contribution in [1.82, 2.24) is 9.80 Å². The summed E-state index contributed by atoms with van der Waals surface area (Å²) in [6, 6.07) is 19.9. The molecule has 1 aliphatic heterocycles. The highest BCUT2D eigenvalue weighted by atomic mass is 16.2. The smallest absolute Gasteiger partial charge is 0.261 e. The molecule has 3 aromatic carbocycles. The highest BCUT2D eigenvalue weighted by molar-refractivity contribution is 6.25. The average molecular weight is 498 g/mol. The molecule has 0 bridgehead atoms. The molecule has 4 rings (SSSR count). The average Bonchev–Trinajstić information content (AvgIpc) is 2.92. The fourth-order valence-electron chi connectivity index (χ4n) is 4.78. The lowest BCUT2D eigenvalue weighted by atomic mass is 9.93. The number of nitrogens with one attached hydrogen (secondary N) is 1. The van der Waals surface area contributed by atoms with Crippen molar-refractivity contribution in [3.05, 3.63) is 90.5 Å². The van der Waals surface area contributed by atoms with E-state index in [2.05, 4.69) is 11.9 Å². The summed E-state index contributed by atoms with van der Waals surface area (Å²) in [6.45, 7) is 7.66. The van der Waals surface area contributed by atoms with Crippen LogP contribution in [0.3, 0.4) is 0 Å². The van der Waals surface area contributed by atoms with Crippen molar-refractivity contribution >= 4 is 40.1 Å². The Morgan fingerprint density at radius 1 is 0.973 bits per heavy atom. The van der Waals surface area contributed by atoms with Crippen molar-refractivity contribution in [2.24, 2.45) is 0 Å². The number of para-hydroxylation sites is 1. The van der Waals surface area contributed by atoms with Crippen molar-refractivity contribution in [2.45, 2.75) is 38.6 Å². The summed E-state index contributed by atoms with van der Waals surface area (Å²) in [5.74, 6) is -1.25. The maximum atomic E-state index is 13.4. The molecule has 0 saturated carbocycles. The quantitative estimate of drug-likeness (QED) is 0.314. The van der Waals surface area contributed by atoms with Gasteiger partial charge in [0.1, 0.15) is 5.54 Å². The Morgan fingerprint density at radius 2 is 1.59 bits per heavy atom. The van der Waals surface area contributed by atoms with Gasteiger partial charge in [0.05, 0.1) is 0 Å². The monoisotopic (exact) mass is 497 g/mol. The Labute approximate surface area is 216 Å². The Hall–Kier alpha value is -4.26. The fourth-order valence-corrected chi connectivity index (χ4v) is 4.78. The molecule has 1 N–H and O–H groups in total. The Kier molecular flexibility index (Phi) is 7.53. The molecule has 0 fully saturated rings. The third-order valence-corrected chi connectivity index (χ3v) is 7.05. The number of benzene rings is 3. The highest BCUT2D eigenvalue weighted by Crippen LogP contribution is 2.30. The minimum Gasteiger partial charge on any atom is -0.325 e. The molecular weight excluding hydrogens is 466 g/mol. The molecule has 1 heterocycles. The second-order valence-electron chi connectivity index (χ2n) is 9.32. The van der Waals surface area contributed by atoms with Crippen LogP contribution in [0.2, 0.25) is 0 Å². The number of hydrogen-bond acceptors (Lipinski definition) is 4. The van der Waals surface area contributed by atoms with Gasteiger partial charge in [-0.05, 0) is 49.4 Å². The van der Waals surface area contributed by atoms with E-state index in [1.54, 1.807) is 49.4 Å². The second-order valence-corrected chi connectivity index (χ2v) is 9.32. The van der Waals surface area contributed by atoms with E-state index in [1.165, 1.54) is 9.80 Å². The van der Waals surface area contributed by atoms with Crippen molar-refractivity contribution in [3.8, 4) is 0 Å². The van der Waals surface area contributed by atoms with Crippen LogP contribution in [0, 0.1) is 0 Å². The Morgan fingerprint density at radius 3 is 2.16 bits per heavy atom. The first kappa shape index (κ1) is 25.8. The minimum atomic E-state index is -1.10. The number of hydrogen-bond donors (Lipinski definition) is 1. The molecule has 4 amide bonds. The molecule has 190 valence electrons. The van der Waals surface area contributed by atoms with Crippen LogP contribution in [0.25, 0.3) is 10.8 Å². The molecular formula is C30H31N3O4. The van der Waals surface area contributed by atoms with Crippen LogP contribution in [-0.2, 0) is 9.59 Å². The van der Waals surface area contributed by atoms with Crippen molar-refractivity contribution in [1.29, 1.82) is 0 Å². The van der Waals surface area contributed by atoms with Gasteiger partial charge in [0, 0.05) is 41.7 Å². The maximum absolute atomic E-state index is 13.4. The minimum absolute atomic E-state index is 0.0744. The zero-order valence-corrected chi connectivity index (χ0v) is 21.2. The van der Waals surface area contributed by atoms with Crippen molar-refractivity contribution in [2.75, 3.05) is 18.4 Å². The molecule has 0 saturated heterocycles. The predicted molar refractivity (Wildman–Crippen MR) is 144 cm³/mol. The van der Waals surface area contributed by atoms with Crippen LogP contribution >= 0.6 is 0 Å². The SMILES string of the molecule is C=CCN(C(=O)CCCN1C(=O)c2cccc3cccc(c23)C1=O)[C@](C)(CC)C(=O)Nc1ccccc1. The van der Waals surface area contributed by atoms with Gasteiger partial charge < -0.3 is 10.2 Å². The lowest BCUT2D eigenvalue weighted by molar-refractivity contribution is -0.144. The standard InChI is InChI=1S/C30H31N3O4/c1-4-19-33(30(3,5-2)29(37)31-22-14-7-6-8-15-22)25(34)18-11-20-32-27(35)23-16-9-12-21-13-10-17-24(26(21)23)28(32)36/h4,6-10,12-17H,1,5,11,18-20H2,2-3H3,(H,31,37)/t30-/m1/s1. The van der Waals surface area contributed by atoms with Crippen LogP contribution in [0.1, 0.15) is 53.8 Å². The van der Waals surface area contributed by atoms with E-state index in [9.17, 15) is 19.2 Å². The highest BCUT2D eigenvalue weighted by Gasteiger charge is 2.40. The van der Waals surface area contributed by atoms with Gasteiger partial charge in [0.15, 0.2) is 0 Å². The molecule has 0 aromatic heterocycles. The summed E-state index contributed by atoms with van der Waals surface area (Å²) < 4.78 is 0. The van der Waals surface area contributed by atoms with Crippen molar-refractivity contribution < 1.29 is 19.2 Å². The van der Waals surface area contributed by atoms with E-state index in [0.717, 1.165) is 5.39 Å². The number of anilines is 1. The first-order valence-electron chi connectivity index (χ1n) is 12.5. The third-order valence-electron chi connectivity index (χ3n) is 7.05. The van der Waals surface area contributed by atoms with Crippen molar-refractivity contribution in [3.63, 3.8) is 0 Å². The van der Waals surface area contributed by atoms with E-state index >= 15 is 0 Å². The summed E-state index contributed by atoms with van der Waals surface area (Å²) >= 11 is 0. The molecule has 37 heavy (non-hydrogen) atoms. The number of rotatable bonds is 10. The first-order chi connectivity index (χ1) is 17.8. The second kappa shape index (κ2) is 10.8. The van der Waals surface area contributed by atoms with Gasteiger partial charge in [-0.3, -0.25) is 24.1 Å². The van der Waals surface area contributed by atoms with Gasteiger partial charge in [-0.1, -0.05) is 55.5 Å². The molecule has 7 nitrogen and oxygen atoms in total. The fraction of sp³-hybridized carbons (Fsp3) is 0.267. The van der Waals surface area contributed by atoms with Gasteiger partial charge in [0.2, 0.25) is 11.8 Å². The normalized spacial score (nSPS) is 14.3. The first-order valence-corrected chi connectivity index (χ1v) is 12.5. The number of nitrogens with zero attached hydrogens (tertiary/aromatic N) is 2. The largest absolute Gasteiger partial charge is 0.325 e. The van der Waals surface area contributed by atoms with Gasteiger partial charge in [-0.2, -0.15) is 0 Å². The molecule has 7 heteroatoms. The van der Waals surface area contributed by atoms with E-state index in [0.29, 0.717) is 28.6 Å². The number of carbonyl (C=O) groups is 4. The summed E-state index contributed by atoms with van der Waals surface area (Å²) in [6.07, 6.45) is 2.35. The number of amides is 4. The third kappa shape index (κ3) is 4.89. The number of carbonyl (C=O) groups excluding carboxylic acids is 4. The van der Waals surface area contributed by atoms with Crippen LogP contribution in [0.4, 0.5) is 5.69 Å². The Bertz CT molecular complexity index is 1320. The molecule has 0 aliphatic carbocycles. The van der Waals surface area contributed by atoms with Gasteiger partial charge in [-0.15, -0.1) is 6.58 Å². The maximum Gasteiger partial charge on any atom is 0.261 e. The lowest BCUT2D eigenvalue weighted by Gasteiger charge is -2.39. The molecule has 1 atom stereocenters. The van der Waals surface area contributed by atoms with Crippen LogP contribution in [0.5, 0.6) is 0 Å². The predicted octanol–water partition coefficient (Wildman–Crippen LogP) is 5.04. The zero-order chi connectivity index (χ0) is 26.6. The molecule has 0 radical (unpaired) electrons. The van der Waals surface area contributed by atoms with E-state index < -0.39 is 5.54 Å². The van der Waals surface area contributed by atoms with Gasteiger partial charge in [-0.25, -0.2) is 0 Å². The van der Waals surface area contributed by atoms with E-state index in [1.807, 2.05) is 37.3 Å². The van der Waals surface area contributed by atoms with Crippen LogP contribution < -0.4 is 5.32 Å². The van der Waals surface area contributed by atoms with E-state index in [-0.39, 0.29) is 49.6 Å². The molecule has 3 aromatic rings. The Balaban J connectivity index is 1.46. The van der Waals surface area contributed by atoms with Gasteiger partial charge >= 0.3 is 0 Å². The van der Waals surface area contributed by atoms with Crippen LogP contribution in [0.15, 0.2) is 79.4 Å². The van der Waals surface area contributed by atoms with E-state index in [4.69, 9.17) is 0 Å². The molecule has 0 unspecified atom stereocenters. The summed E-state index contributed by atoms with van der Waals surface area (Å²) in [7, 11) is 0. The summed E-state index contributed by atoms with van der Waals surface area (Å²) in [5, 5.41) is 4.42.